The molecule has 6 heteroatoms. The van der Waals surface area contributed by atoms with Crippen molar-refractivity contribution in [2.24, 2.45) is 10.1 Å². The van der Waals surface area contributed by atoms with Crippen LogP contribution in [0.1, 0.15) is 36.8 Å². The van der Waals surface area contributed by atoms with Crippen LogP contribution in [0.5, 0.6) is 5.75 Å². The molecule has 1 aliphatic heterocycles. The molecule has 6 nitrogen and oxygen atoms in total. The topological polar surface area (TPSA) is 75.1 Å². The first kappa shape index (κ1) is 18.2. The lowest BCUT2D eigenvalue weighted by molar-refractivity contribution is -0.120. The van der Waals surface area contributed by atoms with Gasteiger partial charge in [-0.1, -0.05) is 42.5 Å². The fourth-order valence-corrected chi connectivity index (χ4v) is 3.35. The minimum atomic E-state index is -0.428. The molecule has 2 N–H and O–H groups in total. The van der Waals surface area contributed by atoms with Gasteiger partial charge in [-0.25, -0.2) is 10.4 Å². The monoisotopic (exact) mass is 376 g/mol. The molecule has 1 saturated carbocycles. The number of nitrogens with zero attached hydrogens (tertiary/aromatic N) is 2. The molecule has 28 heavy (non-hydrogen) atoms. The Balaban J connectivity index is 1.30. The highest BCUT2D eigenvalue weighted by molar-refractivity contribution is 6.05. The van der Waals surface area contributed by atoms with E-state index in [9.17, 15) is 4.79 Å². The first-order valence-electron chi connectivity index (χ1n) is 9.72. The quantitative estimate of drug-likeness (QED) is 0.761. The van der Waals surface area contributed by atoms with E-state index in [1.54, 1.807) is 0 Å². The van der Waals surface area contributed by atoms with Gasteiger partial charge in [0.05, 0.1) is 0 Å². The maximum absolute atomic E-state index is 12.2. The third kappa shape index (κ3) is 4.76. The van der Waals surface area contributed by atoms with Crippen LogP contribution in [0.15, 0.2) is 64.7 Å². The summed E-state index contributed by atoms with van der Waals surface area (Å²) in [5, 5.41) is 7.11. The number of hydrogen-bond acceptors (Lipinski definition) is 5. The second-order valence-electron chi connectivity index (χ2n) is 7.10. The molecular formula is C22H24N4O2. The second-order valence-corrected chi connectivity index (χ2v) is 7.10. The van der Waals surface area contributed by atoms with Crippen molar-refractivity contribution in [1.82, 2.24) is 10.7 Å². The molecule has 0 saturated heterocycles. The first-order valence-corrected chi connectivity index (χ1v) is 9.72. The van der Waals surface area contributed by atoms with Crippen LogP contribution in [-0.4, -0.2) is 23.6 Å². The van der Waals surface area contributed by atoms with E-state index < -0.39 is 6.04 Å². The lowest BCUT2D eigenvalue weighted by atomic mass is 10.1. The number of carbonyl (C=O) groups excluding carboxylic acids is 1. The molecule has 0 bridgehead atoms. The fourth-order valence-electron chi connectivity index (χ4n) is 3.35. The Labute approximate surface area is 164 Å². The van der Waals surface area contributed by atoms with Gasteiger partial charge in [0.25, 0.3) is 5.91 Å². The van der Waals surface area contributed by atoms with E-state index in [0.29, 0.717) is 19.0 Å². The van der Waals surface area contributed by atoms with E-state index in [1.807, 2.05) is 54.6 Å². The molecule has 0 spiro atoms. The molecule has 0 radical (unpaired) electrons. The zero-order valence-corrected chi connectivity index (χ0v) is 15.7. The largest absolute Gasteiger partial charge is 0.489 e. The molecule has 4 rings (SSSR count). The lowest BCUT2D eigenvalue weighted by Gasteiger charge is -2.08. The lowest BCUT2D eigenvalue weighted by Crippen LogP contribution is -2.35. The summed E-state index contributed by atoms with van der Waals surface area (Å²) in [6.45, 7) is 0.535. The first-order chi connectivity index (χ1) is 13.8. The van der Waals surface area contributed by atoms with E-state index in [1.165, 1.54) is 12.8 Å². The SMILES string of the molecule is O=C1NC(NN=C2CCCC2)=NC1Cc1ccc(OCc2ccccc2)cc1. The Morgan fingerprint density at radius 2 is 1.79 bits per heavy atom. The van der Waals surface area contributed by atoms with Gasteiger partial charge in [-0.3, -0.25) is 10.1 Å². The van der Waals surface area contributed by atoms with Gasteiger partial charge in [-0.15, -0.1) is 0 Å². The Kier molecular flexibility index (Phi) is 5.66. The summed E-state index contributed by atoms with van der Waals surface area (Å²) in [7, 11) is 0. The molecule has 0 aromatic heterocycles. The summed E-state index contributed by atoms with van der Waals surface area (Å²) in [5.41, 5.74) is 6.21. The maximum Gasteiger partial charge on any atom is 0.251 e. The zero-order valence-electron chi connectivity index (χ0n) is 15.7. The number of hydrogen-bond donors (Lipinski definition) is 2. The number of benzene rings is 2. The summed E-state index contributed by atoms with van der Waals surface area (Å²) in [6, 6.07) is 17.4. The van der Waals surface area contributed by atoms with Crippen molar-refractivity contribution >= 4 is 17.6 Å². The van der Waals surface area contributed by atoms with Gasteiger partial charge in [-0.05, 0) is 48.9 Å². The van der Waals surface area contributed by atoms with Crippen LogP contribution in [-0.2, 0) is 17.8 Å². The Hall–Kier alpha value is -3.15. The second kappa shape index (κ2) is 8.69. The van der Waals surface area contributed by atoms with Crippen molar-refractivity contribution in [2.45, 2.75) is 44.8 Å². The van der Waals surface area contributed by atoms with Crippen molar-refractivity contribution in [1.29, 1.82) is 0 Å². The van der Waals surface area contributed by atoms with Crippen LogP contribution in [0.25, 0.3) is 0 Å². The highest BCUT2D eigenvalue weighted by atomic mass is 16.5. The molecule has 1 unspecified atom stereocenters. The van der Waals surface area contributed by atoms with E-state index in [2.05, 4.69) is 20.8 Å². The summed E-state index contributed by atoms with van der Waals surface area (Å²) < 4.78 is 5.80. The van der Waals surface area contributed by atoms with Crippen molar-refractivity contribution in [3.63, 3.8) is 0 Å². The van der Waals surface area contributed by atoms with Crippen molar-refractivity contribution in [3.8, 4) is 5.75 Å². The highest BCUT2D eigenvalue weighted by Crippen LogP contribution is 2.17. The van der Waals surface area contributed by atoms with Gasteiger partial charge in [0.2, 0.25) is 5.96 Å². The van der Waals surface area contributed by atoms with E-state index in [0.717, 1.165) is 35.4 Å². The third-order valence-corrected chi connectivity index (χ3v) is 4.93. The number of ether oxygens (including phenoxy) is 1. The minimum Gasteiger partial charge on any atom is -0.489 e. The van der Waals surface area contributed by atoms with Crippen LogP contribution in [0.3, 0.4) is 0 Å². The molecule has 1 aliphatic carbocycles. The van der Waals surface area contributed by atoms with Crippen LogP contribution in [0.2, 0.25) is 0 Å². The predicted octanol–water partition coefficient (Wildman–Crippen LogP) is 3.18. The van der Waals surface area contributed by atoms with Gasteiger partial charge in [-0.2, -0.15) is 5.10 Å². The summed E-state index contributed by atoms with van der Waals surface area (Å²) in [5.74, 6) is 1.15. The number of nitrogens with one attached hydrogen (secondary N) is 2. The average Bonchev–Trinajstić information content (AvgIpc) is 3.37. The number of hydrazone groups is 1. The van der Waals surface area contributed by atoms with Gasteiger partial charge < -0.3 is 4.74 Å². The number of guanidine groups is 1. The summed E-state index contributed by atoms with van der Waals surface area (Å²) >= 11 is 0. The number of aliphatic imine (C=N–C) groups is 1. The van der Waals surface area contributed by atoms with Crippen LogP contribution in [0.4, 0.5) is 0 Å². The Morgan fingerprint density at radius 1 is 1.04 bits per heavy atom. The molecule has 144 valence electrons. The van der Waals surface area contributed by atoms with E-state index in [-0.39, 0.29) is 5.91 Å². The standard InChI is InChI=1S/C22H24N4O2/c27-21-20(23-22(24-21)26-25-18-8-4-5-9-18)14-16-10-12-19(13-11-16)28-15-17-6-2-1-3-7-17/h1-3,6-7,10-13,20H,4-5,8-9,14-15H2,(H2,23,24,26,27). The molecule has 2 aromatic carbocycles. The molecular weight excluding hydrogens is 352 g/mol. The van der Waals surface area contributed by atoms with E-state index in [4.69, 9.17) is 4.74 Å². The van der Waals surface area contributed by atoms with Gasteiger partial charge in [0.15, 0.2) is 0 Å². The molecule has 2 aromatic rings. The smallest absolute Gasteiger partial charge is 0.251 e. The van der Waals surface area contributed by atoms with Crippen LogP contribution in [0, 0.1) is 0 Å². The molecule has 1 amide bonds. The van der Waals surface area contributed by atoms with Gasteiger partial charge >= 0.3 is 0 Å². The van der Waals surface area contributed by atoms with Crippen molar-refractivity contribution in [3.05, 3.63) is 65.7 Å². The van der Waals surface area contributed by atoms with Gasteiger partial charge in [0, 0.05) is 12.1 Å². The molecule has 1 fully saturated rings. The number of carbonyl (C=O) groups is 1. The van der Waals surface area contributed by atoms with E-state index >= 15 is 0 Å². The zero-order chi connectivity index (χ0) is 19.2. The predicted molar refractivity (Wildman–Crippen MR) is 109 cm³/mol. The maximum atomic E-state index is 12.2. The summed E-state index contributed by atoms with van der Waals surface area (Å²) in [4.78, 5) is 16.6. The molecule has 1 atom stereocenters. The molecule has 2 aliphatic rings. The summed E-state index contributed by atoms with van der Waals surface area (Å²) in [6.07, 6.45) is 4.97. The highest BCUT2D eigenvalue weighted by Gasteiger charge is 2.26. The normalized spacial score (nSPS) is 18.6. The van der Waals surface area contributed by atoms with Crippen molar-refractivity contribution < 1.29 is 9.53 Å². The Bertz CT molecular complexity index is 867. The fraction of sp³-hybridized carbons (Fsp3) is 0.318. The molecule has 1 heterocycles. The van der Waals surface area contributed by atoms with Crippen LogP contribution < -0.4 is 15.5 Å². The average molecular weight is 376 g/mol. The van der Waals surface area contributed by atoms with Gasteiger partial charge in [0.1, 0.15) is 18.4 Å². The van der Waals surface area contributed by atoms with Crippen LogP contribution >= 0.6 is 0 Å². The number of amides is 1. The Morgan fingerprint density at radius 3 is 2.54 bits per heavy atom. The minimum absolute atomic E-state index is 0.0986. The van der Waals surface area contributed by atoms with Crippen molar-refractivity contribution in [2.75, 3.05) is 0 Å². The number of rotatable bonds is 6. The third-order valence-electron chi connectivity index (χ3n) is 4.93.